The summed E-state index contributed by atoms with van der Waals surface area (Å²) in [6.07, 6.45) is -1.19. The predicted molar refractivity (Wildman–Crippen MR) is 73.6 cm³/mol. The Morgan fingerprint density at radius 1 is 1.29 bits per heavy atom. The van der Waals surface area contributed by atoms with Crippen LogP contribution < -0.4 is 9.44 Å². The molecule has 0 aromatic heterocycles. The van der Waals surface area contributed by atoms with E-state index in [4.69, 9.17) is 0 Å². The molecule has 1 atom stereocenters. The van der Waals surface area contributed by atoms with Gasteiger partial charge in [-0.2, -0.15) is 13.1 Å². The molecule has 0 aliphatic heterocycles. The van der Waals surface area contributed by atoms with Crippen LogP contribution in [0.1, 0.15) is 19.4 Å². The number of hydrogen-bond donors (Lipinski definition) is 3. The normalized spacial score (nSPS) is 14.0. The molecule has 8 nitrogen and oxygen atoms in total. The van der Waals surface area contributed by atoms with E-state index in [9.17, 15) is 23.1 Å². The fourth-order valence-electron chi connectivity index (χ4n) is 1.56. The lowest BCUT2D eigenvalue weighted by molar-refractivity contribution is -0.143. The zero-order valence-corrected chi connectivity index (χ0v) is 12.3. The molecule has 9 heteroatoms. The summed E-state index contributed by atoms with van der Waals surface area (Å²) >= 11 is 0. The van der Waals surface area contributed by atoms with Gasteiger partial charge in [-0.05, 0) is 19.4 Å². The van der Waals surface area contributed by atoms with E-state index in [0.717, 1.165) is 0 Å². The van der Waals surface area contributed by atoms with Crippen molar-refractivity contribution in [2.75, 3.05) is 6.61 Å². The minimum Gasteiger partial charge on any atom is -0.480 e. The van der Waals surface area contributed by atoms with Gasteiger partial charge in [0.15, 0.2) is 5.54 Å². The maximum absolute atomic E-state index is 11.8. The standard InChI is InChI=1S/C12H16N2O6S/c1-3-20-11(17)13-21(18,19)14-12(2,10(15)16)9-7-5-4-6-8-9/h4-8,14H,3H2,1-2H3,(H,13,17)(H,15,16). The number of ether oxygens (including phenoxy) is 1. The first kappa shape index (κ1) is 16.9. The third-order valence-electron chi connectivity index (χ3n) is 2.61. The third-order valence-corrected chi connectivity index (χ3v) is 3.72. The monoisotopic (exact) mass is 316 g/mol. The molecule has 0 saturated carbocycles. The third kappa shape index (κ3) is 4.43. The molecule has 0 aliphatic rings. The maximum Gasteiger partial charge on any atom is 0.421 e. The van der Waals surface area contributed by atoms with Gasteiger partial charge in [0.25, 0.3) is 0 Å². The summed E-state index contributed by atoms with van der Waals surface area (Å²) < 4.78 is 31.6. The van der Waals surface area contributed by atoms with Crippen molar-refractivity contribution >= 4 is 22.3 Å². The summed E-state index contributed by atoms with van der Waals surface area (Å²) in [5, 5.41) is 9.32. The number of aliphatic carboxylic acids is 1. The summed E-state index contributed by atoms with van der Waals surface area (Å²) in [6, 6.07) is 7.73. The molecule has 1 aromatic carbocycles. The molecule has 3 N–H and O–H groups in total. The molecular formula is C12H16N2O6S. The number of nitrogens with one attached hydrogen (secondary N) is 2. The van der Waals surface area contributed by atoms with Crippen molar-refractivity contribution in [2.24, 2.45) is 0 Å². The van der Waals surface area contributed by atoms with Gasteiger partial charge in [-0.3, -0.25) is 0 Å². The molecule has 1 unspecified atom stereocenters. The predicted octanol–water partition coefficient (Wildman–Crippen LogP) is 0.567. The zero-order chi connectivity index (χ0) is 16.1. The molecule has 21 heavy (non-hydrogen) atoms. The van der Waals surface area contributed by atoms with E-state index in [-0.39, 0.29) is 12.2 Å². The van der Waals surface area contributed by atoms with Gasteiger partial charge in [-0.25, -0.2) is 14.3 Å². The van der Waals surface area contributed by atoms with Crippen molar-refractivity contribution < 1.29 is 27.9 Å². The van der Waals surface area contributed by atoms with Crippen LogP contribution >= 0.6 is 0 Å². The Hall–Kier alpha value is -2.13. The number of benzene rings is 1. The van der Waals surface area contributed by atoms with Gasteiger partial charge in [-0.1, -0.05) is 30.3 Å². The van der Waals surface area contributed by atoms with Gasteiger partial charge < -0.3 is 9.84 Å². The summed E-state index contributed by atoms with van der Waals surface area (Å²) in [7, 11) is -4.41. The lowest BCUT2D eigenvalue weighted by atomic mass is 9.94. The number of amides is 1. The van der Waals surface area contributed by atoms with E-state index in [1.807, 2.05) is 4.72 Å². The topological polar surface area (TPSA) is 122 Å². The van der Waals surface area contributed by atoms with Crippen LogP contribution in [0.2, 0.25) is 0 Å². The second kappa shape index (κ2) is 6.55. The van der Waals surface area contributed by atoms with Crippen LogP contribution in [0.5, 0.6) is 0 Å². The second-order valence-electron chi connectivity index (χ2n) is 4.22. The minimum atomic E-state index is -4.41. The summed E-state index contributed by atoms with van der Waals surface area (Å²) in [5.41, 5.74) is -1.72. The summed E-state index contributed by atoms with van der Waals surface area (Å²) in [6.45, 7) is 2.66. The van der Waals surface area contributed by atoms with Crippen molar-refractivity contribution in [3.63, 3.8) is 0 Å². The number of carbonyl (C=O) groups is 2. The van der Waals surface area contributed by atoms with Crippen LogP contribution in [-0.4, -0.2) is 32.2 Å². The van der Waals surface area contributed by atoms with Crippen molar-refractivity contribution in [3.05, 3.63) is 35.9 Å². The fourth-order valence-corrected chi connectivity index (χ4v) is 2.63. The van der Waals surface area contributed by atoms with E-state index in [1.165, 1.54) is 26.0 Å². The highest BCUT2D eigenvalue weighted by atomic mass is 32.2. The van der Waals surface area contributed by atoms with Crippen molar-refractivity contribution in [2.45, 2.75) is 19.4 Å². The van der Waals surface area contributed by atoms with Crippen LogP contribution in [0.4, 0.5) is 4.79 Å². The first-order valence-corrected chi connectivity index (χ1v) is 7.47. The van der Waals surface area contributed by atoms with E-state index in [1.54, 1.807) is 22.9 Å². The van der Waals surface area contributed by atoms with Gasteiger partial charge >= 0.3 is 22.3 Å². The van der Waals surface area contributed by atoms with Crippen molar-refractivity contribution in [1.29, 1.82) is 0 Å². The number of carboxylic acids is 1. The van der Waals surface area contributed by atoms with Crippen LogP contribution in [0.25, 0.3) is 0 Å². The molecule has 1 rings (SSSR count). The van der Waals surface area contributed by atoms with E-state index in [0.29, 0.717) is 0 Å². The fraction of sp³-hybridized carbons (Fsp3) is 0.333. The number of carboxylic acid groups (broad SMARTS) is 1. The molecular weight excluding hydrogens is 300 g/mol. The quantitative estimate of drug-likeness (QED) is 0.705. The second-order valence-corrected chi connectivity index (χ2v) is 5.64. The van der Waals surface area contributed by atoms with E-state index < -0.39 is 27.8 Å². The Morgan fingerprint density at radius 3 is 2.33 bits per heavy atom. The molecule has 0 saturated heterocycles. The zero-order valence-electron chi connectivity index (χ0n) is 11.5. The van der Waals surface area contributed by atoms with Crippen molar-refractivity contribution in [3.8, 4) is 0 Å². The molecule has 1 aromatic rings. The first-order valence-electron chi connectivity index (χ1n) is 5.98. The average Bonchev–Trinajstić information content (AvgIpc) is 2.38. The molecule has 0 radical (unpaired) electrons. The molecule has 0 bridgehead atoms. The molecule has 116 valence electrons. The Kier molecular flexibility index (Phi) is 5.28. The highest BCUT2D eigenvalue weighted by Gasteiger charge is 2.39. The van der Waals surface area contributed by atoms with Gasteiger partial charge in [0.2, 0.25) is 0 Å². The Balaban J connectivity index is 3.04. The molecule has 0 spiro atoms. The minimum absolute atomic E-state index is 0.0176. The molecule has 1 amide bonds. The molecule has 0 fully saturated rings. The van der Waals surface area contributed by atoms with Crippen LogP contribution in [0.3, 0.4) is 0 Å². The van der Waals surface area contributed by atoms with Crippen molar-refractivity contribution in [1.82, 2.24) is 9.44 Å². The summed E-state index contributed by atoms with van der Waals surface area (Å²) in [4.78, 5) is 22.6. The van der Waals surface area contributed by atoms with Crippen LogP contribution in [-0.2, 0) is 25.3 Å². The van der Waals surface area contributed by atoms with Gasteiger partial charge in [0, 0.05) is 0 Å². The van der Waals surface area contributed by atoms with E-state index >= 15 is 0 Å². The van der Waals surface area contributed by atoms with Crippen LogP contribution in [0.15, 0.2) is 30.3 Å². The average molecular weight is 316 g/mol. The lowest BCUT2D eigenvalue weighted by Crippen LogP contribution is -2.54. The summed E-state index contributed by atoms with van der Waals surface area (Å²) in [5.74, 6) is -1.41. The lowest BCUT2D eigenvalue weighted by Gasteiger charge is -2.26. The maximum atomic E-state index is 11.8. The number of carbonyl (C=O) groups excluding carboxylic acids is 1. The smallest absolute Gasteiger partial charge is 0.421 e. The highest BCUT2D eigenvalue weighted by Crippen LogP contribution is 2.21. The van der Waals surface area contributed by atoms with E-state index in [2.05, 4.69) is 4.74 Å². The highest BCUT2D eigenvalue weighted by molar-refractivity contribution is 7.88. The Labute approximate surface area is 122 Å². The largest absolute Gasteiger partial charge is 0.480 e. The Morgan fingerprint density at radius 2 is 1.86 bits per heavy atom. The Bertz CT molecular complexity index is 616. The number of rotatable bonds is 6. The van der Waals surface area contributed by atoms with Gasteiger partial charge in [0.05, 0.1) is 6.61 Å². The molecule has 0 aliphatic carbocycles. The van der Waals surface area contributed by atoms with Gasteiger partial charge in [-0.15, -0.1) is 0 Å². The number of hydrogen-bond acceptors (Lipinski definition) is 5. The van der Waals surface area contributed by atoms with Crippen LogP contribution in [0, 0.1) is 0 Å². The van der Waals surface area contributed by atoms with Gasteiger partial charge in [0.1, 0.15) is 0 Å². The SMILES string of the molecule is CCOC(=O)NS(=O)(=O)NC(C)(C(=O)O)c1ccccc1. The molecule has 0 heterocycles. The first-order chi connectivity index (χ1) is 9.71.